The number of hydrogen-bond donors (Lipinski definition) is 2. The van der Waals surface area contributed by atoms with E-state index in [0.29, 0.717) is 12.1 Å². The maximum Gasteiger partial charge on any atom is 0.226 e. The highest BCUT2D eigenvalue weighted by Crippen LogP contribution is 2.37. The first-order valence-electron chi connectivity index (χ1n) is 7.91. The van der Waals surface area contributed by atoms with Gasteiger partial charge in [-0.2, -0.15) is 0 Å². The van der Waals surface area contributed by atoms with Gasteiger partial charge in [-0.25, -0.2) is 4.39 Å². The maximum absolute atomic E-state index is 13.5. The molecule has 0 bridgehead atoms. The van der Waals surface area contributed by atoms with Gasteiger partial charge in [-0.3, -0.25) is 9.59 Å². The van der Waals surface area contributed by atoms with E-state index in [0.717, 1.165) is 0 Å². The summed E-state index contributed by atoms with van der Waals surface area (Å²) in [5.41, 5.74) is 0.595. The zero-order chi connectivity index (χ0) is 17.9. The first-order chi connectivity index (χ1) is 11.3. The van der Waals surface area contributed by atoms with Crippen molar-refractivity contribution < 1.29 is 19.1 Å². The molecule has 1 aromatic rings. The summed E-state index contributed by atoms with van der Waals surface area (Å²) in [6.07, 6.45) is -0.612. The number of carbonyl (C=O) groups is 2. The molecule has 132 valence electrons. The molecule has 1 saturated heterocycles. The third-order valence-electron chi connectivity index (χ3n) is 4.20. The van der Waals surface area contributed by atoms with Gasteiger partial charge in [-0.15, -0.1) is 0 Å². The van der Waals surface area contributed by atoms with E-state index in [1.807, 2.05) is 19.0 Å². The molecular weight excluding hydrogens is 313 g/mol. The molecule has 0 saturated carbocycles. The predicted molar refractivity (Wildman–Crippen MR) is 87.6 cm³/mol. The highest BCUT2D eigenvalue weighted by molar-refractivity contribution is 5.90. The molecule has 6 nitrogen and oxygen atoms in total. The molecule has 2 rings (SSSR count). The Morgan fingerprint density at radius 1 is 1.50 bits per heavy atom. The fourth-order valence-electron chi connectivity index (χ4n) is 3.09. The van der Waals surface area contributed by atoms with Gasteiger partial charge in [-0.1, -0.05) is 12.1 Å². The van der Waals surface area contributed by atoms with Crippen molar-refractivity contribution in [2.24, 2.45) is 5.92 Å². The highest BCUT2D eigenvalue weighted by atomic mass is 19.1. The Morgan fingerprint density at radius 3 is 2.83 bits per heavy atom. The summed E-state index contributed by atoms with van der Waals surface area (Å²) in [5.74, 6) is -1.46. The molecule has 1 heterocycles. The lowest BCUT2D eigenvalue weighted by atomic mass is 9.93. The molecule has 0 unspecified atom stereocenters. The maximum atomic E-state index is 13.5. The van der Waals surface area contributed by atoms with Crippen molar-refractivity contribution in [3.05, 3.63) is 35.6 Å². The van der Waals surface area contributed by atoms with Crippen LogP contribution >= 0.6 is 0 Å². The molecule has 3 atom stereocenters. The zero-order valence-corrected chi connectivity index (χ0v) is 14.2. The van der Waals surface area contributed by atoms with Gasteiger partial charge in [0.15, 0.2) is 0 Å². The highest BCUT2D eigenvalue weighted by Gasteiger charge is 2.42. The van der Waals surface area contributed by atoms with Gasteiger partial charge in [0.25, 0.3) is 0 Å². The number of halogens is 1. The summed E-state index contributed by atoms with van der Waals surface area (Å²) in [6, 6.07) is 5.45. The van der Waals surface area contributed by atoms with Crippen molar-refractivity contribution in [1.82, 2.24) is 15.1 Å². The number of aliphatic hydroxyl groups excluding tert-OH is 1. The van der Waals surface area contributed by atoms with Crippen molar-refractivity contribution in [1.29, 1.82) is 0 Å². The lowest BCUT2D eigenvalue weighted by Gasteiger charge is -2.25. The summed E-state index contributed by atoms with van der Waals surface area (Å²) in [6.45, 7) is 0.540. The lowest BCUT2D eigenvalue weighted by molar-refractivity contribution is -0.128. The zero-order valence-electron chi connectivity index (χ0n) is 14.2. The molecule has 0 radical (unpaired) electrons. The number of benzene rings is 1. The van der Waals surface area contributed by atoms with Gasteiger partial charge in [0.2, 0.25) is 11.8 Å². The van der Waals surface area contributed by atoms with Crippen molar-refractivity contribution in [2.45, 2.75) is 18.6 Å². The molecule has 0 aliphatic carbocycles. The van der Waals surface area contributed by atoms with Crippen LogP contribution in [0.2, 0.25) is 0 Å². The van der Waals surface area contributed by atoms with Crippen molar-refractivity contribution in [3.8, 4) is 0 Å². The lowest BCUT2D eigenvalue weighted by Crippen LogP contribution is -2.41. The van der Waals surface area contributed by atoms with E-state index in [9.17, 15) is 19.1 Å². The Balaban J connectivity index is 2.09. The van der Waals surface area contributed by atoms with Crippen molar-refractivity contribution >= 4 is 11.8 Å². The number of carbonyl (C=O) groups excluding carboxylic acids is 2. The largest absolute Gasteiger partial charge is 0.390 e. The van der Waals surface area contributed by atoms with Crippen molar-refractivity contribution in [2.75, 3.05) is 34.2 Å². The minimum Gasteiger partial charge on any atom is -0.390 e. The van der Waals surface area contributed by atoms with Gasteiger partial charge in [0, 0.05) is 26.6 Å². The minimum absolute atomic E-state index is 0.0767. The number of likely N-dealkylation sites (tertiary alicyclic amines) is 1. The Morgan fingerprint density at radius 2 is 2.21 bits per heavy atom. The smallest absolute Gasteiger partial charge is 0.226 e. The molecule has 1 fully saturated rings. The van der Waals surface area contributed by atoms with Gasteiger partial charge in [0.05, 0.1) is 18.1 Å². The van der Waals surface area contributed by atoms with Crippen LogP contribution in [0.5, 0.6) is 0 Å². The van der Waals surface area contributed by atoms with E-state index in [1.54, 1.807) is 19.2 Å². The van der Waals surface area contributed by atoms with E-state index in [-0.39, 0.29) is 24.8 Å². The number of hydrogen-bond acceptors (Lipinski definition) is 4. The van der Waals surface area contributed by atoms with E-state index in [1.165, 1.54) is 17.0 Å². The fourth-order valence-corrected chi connectivity index (χ4v) is 3.09. The van der Waals surface area contributed by atoms with Crippen LogP contribution in [0.15, 0.2) is 24.3 Å². The Kier molecular flexibility index (Phi) is 5.90. The number of nitrogens with zero attached hydrogens (tertiary/aromatic N) is 2. The first-order valence-corrected chi connectivity index (χ1v) is 7.91. The Hall–Kier alpha value is -1.99. The van der Waals surface area contributed by atoms with E-state index in [2.05, 4.69) is 5.32 Å². The van der Waals surface area contributed by atoms with Crippen LogP contribution in [0.4, 0.5) is 4.39 Å². The molecule has 24 heavy (non-hydrogen) atoms. The monoisotopic (exact) mass is 337 g/mol. The summed E-state index contributed by atoms with van der Waals surface area (Å²) < 4.78 is 13.5. The summed E-state index contributed by atoms with van der Waals surface area (Å²) >= 11 is 0. The number of likely N-dealkylation sites (N-methyl/N-ethyl adjacent to an activating group) is 1. The second-order valence-corrected chi connectivity index (χ2v) is 6.48. The number of aliphatic hydroxyl groups is 1. The molecule has 2 amide bonds. The van der Waals surface area contributed by atoms with Crippen LogP contribution < -0.4 is 5.32 Å². The van der Waals surface area contributed by atoms with E-state index in [4.69, 9.17) is 0 Å². The number of nitrogens with one attached hydrogen (secondary N) is 1. The minimum atomic E-state index is -0.689. The van der Waals surface area contributed by atoms with E-state index >= 15 is 0 Å². The summed E-state index contributed by atoms with van der Waals surface area (Å²) in [5, 5.41) is 12.5. The second kappa shape index (κ2) is 7.72. The second-order valence-electron chi connectivity index (χ2n) is 6.48. The number of rotatable bonds is 6. The summed E-state index contributed by atoms with van der Waals surface area (Å²) in [7, 11) is 5.28. The van der Waals surface area contributed by atoms with Crippen LogP contribution in [-0.2, 0) is 9.59 Å². The average molecular weight is 337 g/mol. The predicted octanol–water partition coefficient (Wildman–Crippen LogP) is 0.384. The third kappa shape index (κ3) is 4.30. The van der Waals surface area contributed by atoms with Crippen LogP contribution in [-0.4, -0.2) is 67.1 Å². The molecule has 0 spiro atoms. The summed E-state index contributed by atoms with van der Waals surface area (Å²) in [4.78, 5) is 27.8. The molecule has 0 aromatic heterocycles. The van der Waals surface area contributed by atoms with Gasteiger partial charge in [0.1, 0.15) is 5.82 Å². The topological polar surface area (TPSA) is 72.9 Å². The van der Waals surface area contributed by atoms with Crippen LogP contribution in [0, 0.1) is 11.7 Å². The van der Waals surface area contributed by atoms with Crippen LogP contribution in [0.25, 0.3) is 0 Å². The van der Waals surface area contributed by atoms with Crippen molar-refractivity contribution in [3.63, 3.8) is 0 Å². The number of amides is 2. The quantitative estimate of drug-likeness (QED) is 0.787. The first kappa shape index (κ1) is 18.4. The van der Waals surface area contributed by atoms with Gasteiger partial charge < -0.3 is 20.2 Å². The molecule has 2 N–H and O–H groups in total. The van der Waals surface area contributed by atoms with E-state index < -0.39 is 23.9 Å². The molecule has 1 aliphatic heterocycles. The van der Waals surface area contributed by atoms with Crippen LogP contribution in [0.3, 0.4) is 0 Å². The Labute approximate surface area is 141 Å². The average Bonchev–Trinajstić information content (AvgIpc) is 2.80. The normalized spacial score (nSPS) is 22.1. The molecule has 1 aromatic carbocycles. The Bertz CT molecular complexity index is 608. The van der Waals surface area contributed by atoms with Crippen LogP contribution in [0.1, 0.15) is 18.0 Å². The molecular formula is C17H24FN3O3. The van der Waals surface area contributed by atoms with Gasteiger partial charge >= 0.3 is 0 Å². The standard InChI is InChI=1S/C17H24FN3O3/c1-20(2)10-13(22)9-19-17(24)14-8-15(23)21(3)16(14)11-5-4-6-12(18)7-11/h4-7,13-14,16,22H,8-10H2,1-3H3,(H,19,24)/t13-,14+,16-/m1/s1. The third-order valence-corrected chi connectivity index (χ3v) is 4.20. The SMILES string of the molecule is CN(C)C[C@H](O)CNC(=O)[C@H]1CC(=O)N(C)[C@@H]1c1cccc(F)c1. The fraction of sp³-hybridized carbons (Fsp3) is 0.529. The van der Waals surface area contributed by atoms with Gasteiger partial charge in [-0.05, 0) is 31.8 Å². The molecule has 1 aliphatic rings. The molecule has 7 heteroatoms.